The molecule has 0 N–H and O–H groups in total. The first-order valence-electron chi connectivity index (χ1n) is 7.07. The third kappa shape index (κ3) is 3.74. The first-order valence-corrected chi connectivity index (χ1v) is 8.61. The van der Waals surface area contributed by atoms with Gasteiger partial charge in [0, 0.05) is 0 Å². The van der Waals surface area contributed by atoms with Crippen LogP contribution in [0.1, 0.15) is 23.7 Å². The van der Waals surface area contributed by atoms with Gasteiger partial charge in [0.15, 0.2) is 9.84 Å². The summed E-state index contributed by atoms with van der Waals surface area (Å²) < 4.78 is 30.2. The molecule has 2 aromatic carbocycles. The van der Waals surface area contributed by atoms with Gasteiger partial charge in [0.25, 0.3) is 0 Å². The van der Waals surface area contributed by atoms with Crippen LogP contribution >= 0.6 is 0 Å². The molecule has 2 aromatic rings. The van der Waals surface area contributed by atoms with E-state index in [-0.39, 0.29) is 11.5 Å². The number of benzene rings is 2. The van der Waals surface area contributed by atoms with E-state index in [9.17, 15) is 13.2 Å². The maximum absolute atomic E-state index is 12.5. The number of esters is 1. The van der Waals surface area contributed by atoms with E-state index in [0.29, 0.717) is 12.0 Å². The van der Waals surface area contributed by atoms with Crippen molar-refractivity contribution in [3.05, 3.63) is 66.2 Å². The fourth-order valence-electron chi connectivity index (χ4n) is 2.06. The van der Waals surface area contributed by atoms with E-state index in [1.807, 2.05) is 0 Å². The van der Waals surface area contributed by atoms with Crippen molar-refractivity contribution in [2.45, 2.75) is 23.5 Å². The Balaban J connectivity index is 2.08. The summed E-state index contributed by atoms with van der Waals surface area (Å²) >= 11 is 0. The van der Waals surface area contributed by atoms with Crippen molar-refractivity contribution in [3.8, 4) is 0 Å². The van der Waals surface area contributed by atoms with E-state index in [4.69, 9.17) is 4.74 Å². The minimum absolute atomic E-state index is 0.151. The molecule has 0 bridgehead atoms. The van der Waals surface area contributed by atoms with Crippen molar-refractivity contribution in [2.75, 3.05) is 6.61 Å². The molecule has 4 nitrogen and oxygen atoms in total. The third-order valence-electron chi connectivity index (χ3n) is 3.38. The normalized spacial score (nSPS) is 12.6. The van der Waals surface area contributed by atoms with Gasteiger partial charge < -0.3 is 4.74 Å². The van der Waals surface area contributed by atoms with Crippen molar-refractivity contribution in [1.29, 1.82) is 0 Å². The lowest BCUT2D eigenvalue weighted by Crippen LogP contribution is -2.27. The van der Waals surface area contributed by atoms with Crippen LogP contribution in [0.3, 0.4) is 0 Å². The van der Waals surface area contributed by atoms with Crippen molar-refractivity contribution in [1.82, 2.24) is 0 Å². The molecule has 0 saturated heterocycles. The van der Waals surface area contributed by atoms with Gasteiger partial charge in [-0.15, -0.1) is 0 Å². The van der Waals surface area contributed by atoms with E-state index < -0.39 is 21.1 Å². The van der Waals surface area contributed by atoms with Gasteiger partial charge in [-0.1, -0.05) is 43.3 Å². The molecule has 22 heavy (non-hydrogen) atoms. The molecule has 5 heteroatoms. The zero-order chi connectivity index (χ0) is 16.0. The number of hydrogen-bond acceptors (Lipinski definition) is 4. The average molecular weight is 318 g/mol. The lowest BCUT2D eigenvalue weighted by Gasteiger charge is -2.16. The number of sulfone groups is 1. The summed E-state index contributed by atoms with van der Waals surface area (Å²) in [6.07, 6.45) is 0.374. The van der Waals surface area contributed by atoms with Gasteiger partial charge in [0.05, 0.1) is 15.7 Å². The number of ether oxygens (including phenoxy) is 1. The van der Waals surface area contributed by atoms with Gasteiger partial charge >= 0.3 is 5.97 Å². The van der Waals surface area contributed by atoms with Gasteiger partial charge in [-0.3, -0.25) is 0 Å². The molecule has 0 saturated carbocycles. The molecule has 0 heterocycles. The quantitative estimate of drug-likeness (QED) is 0.768. The first kappa shape index (κ1) is 16.2. The number of carbonyl (C=O) groups is 1. The Labute approximate surface area is 130 Å². The maximum Gasteiger partial charge on any atom is 0.338 e. The highest BCUT2D eigenvalue weighted by Gasteiger charge is 2.27. The summed E-state index contributed by atoms with van der Waals surface area (Å²) in [7, 11) is -3.51. The van der Waals surface area contributed by atoms with Crippen LogP contribution in [0.25, 0.3) is 0 Å². The van der Waals surface area contributed by atoms with Gasteiger partial charge in [0.1, 0.15) is 6.61 Å². The highest BCUT2D eigenvalue weighted by Crippen LogP contribution is 2.18. The van der Waals surface area contributed by atoms with Crippen LogP contribution in [0.5, 0.6) is 0 Å². The van der Waals surface area contributed by atoms with Crippen LogP contribution < -0.4 is 0 Å². The summed E-state index contributed by atoms with van der Waals surface area (Å²) in [5, 5.41) is -0.748. The van der Waals surface area contributed by atoms with Crippen LogP contribution in [-0.4, -0.2) is 26.2 Å². The maximum atomic E-state index is 12.5. The Morgan fingerprint density at radius 2 is 1.55 bits per heavy atom. The number of carbonyl (C=O) groups excluding carboxylic acids is 1. The SMILES string of the molecule is CCC(COC(=O)c1ccccc1)S(=O)(=O)c1ccccc1. The molecule has 0 aliphatic carbocycles. The summed E-state index contributed by atoms with van der Waals surface area (Å²) in [4.78, 5) is 12.2. The molecule has 2 rings (SSSR count). The van der Waals surface area contributed by atoms with Crippen molar-refractivity contribution < 1.29 is 17.9 Å². The molecule has 0 spiro atoms. The van der Waals surface area contributed by atoms with Crippen molar-refractivity contribution in [2.24, 2.45) is 0 Å². The predicted molar refractivity (Wildman–Crippen MR) is 84.4 cm³/mol. The molecule has 0 fully saturated rings. The highest BCUT2D eigenvalue weighted by atomic mass is 32.2. The molecule has 0 amide bonds. The van der Waals surface area contributed by atoms with E-state index in [0.717, 1.165) is 0 Å². The van der Waals surface area contributed by atoms with E-state index in [2.05, 4.69) is 0 Å². The zero-order valence-corrected chi connectivity index (χ0v) is 13.1. The second-order valence-electron chi connectivity index (χ2n) is 4.85. The lowest BCUT2D eigenvalue weighted by atomic mass is 10.2. The molecule has 1 atom stereocenters. The second-order valence-corrected chi connectivity index (χ2v) is 7.08. The van der Waals surface area contributed by atoms with Crippen molar-refractivity contribution >= 4 is 15.8 Å². The minimum atomic E-state index is -3.51. The minimum Gasteiger partial charge on any atom is -0.461 e. The van der Waals surface area contributed by atoms with Gasteiger partial charge in [-0.2, -0.15) is 0 Å². The Bertz CT molecular complexity index is 709. The molecule has 0 aliphatic rings. The zero-order valence-electron chi connectivity index (χ0n) is 12.3. The topological polar surface area (TPSA) is 60.4 Å². The third-order valence-corrected chi connectivity index (χ3v) is 5.65. The molecule has 0 radical (unpaired) electrons. The summed E-state index contributed by atoms with van der Waals surface area (Å²) in [6.45, 7) is 1.61. The molecule has 1 unspecified atom stereocenters. The van der Waals surface area contributed by atoms with E-state index in [1.165, 1.54) is 0 Å². The molecular weight excluding hydrogens is 300 g/mol. The number of hydrogen-bond donors (Lipinski definition) is 0. The van der Waals surface area contributed by atoms with Gasteiger partial charge in [-0.05, 0) is 30.7 Å². The van der Waals surface area contributed by atoms with Crippen LogP contribution in [0, 0.1) is 0 Å². The smallest absolute Gasteiger partial charge is 0.338 e. The number of rotatable bonds is 6. The Morgan fingerprint density at radius 3 is 2.09 bits per heavy atom. The largest absolute Gasteiger partial charge is 0.461 e. The standard InChI is InChI=1S/C17H18O4S/c1-2-15(22(19,20)16-11-7-4-8-12-16)13-21-17(18)14-9-5-3-6-10-14/h3-12,15H,2,13H2,1H3. The van der Waals surface area contributed by atoms with E-state index >= 15 is 0 Å². The summed E-state index contributed by atoms with van der Waals surface area (Å²) in [6, 6.07) is 16.7. The van der Waals surface area contributed by atoms with Gasteiger partial charge in [-0.25, -0.2) is 13.2 Å². The van der Waals surface area contributed by atoms with Gasteiger partial charge in [0.2, 0.25) is 0 Å². The Morgan fingerprint density at radius 1 is 1.00 bits per heavy atom. The Kier molecular flexibility index (Phi) is 5.33. The fourth-order valence-corrected chi connectivity index (χ4v) is 3.66. The fraction of sp³-hybridized carbons (Fsp3) is 0.235. The Hall–Kier alpha value is -2.14. The first-order chi connectivity index (χ1) is 10.6. The van der Waals surface area contributed by atoms with Crippen molar-refractivity contribution in [3.63, 3.8) is 0 Å². The summed E-state index contributed by atoms with van der Waals surface area (Å²) in [5.74, 6) is -0.512. The molecular formula is C17H18O4S. The second kappa shape index (κ2) is 7.22. The monoisotopic (exact) mass is 318 g/mol. The highest BCUT2D eigenvalue weighted by molar-refractivity contribution is 7.92. The molecule has 116 valence electrons. The average Bonchev–Trinajstić information content (AvgIpc) is 2.56. The van der Waals surface area contributed by atoms with E-state index in [1.54, 1.807) is 67.6 Å². The molecule has 0 aromatic heterocycles. The molecule has 0 aliphatic heterocycles. The van der Waals surface area contributed by atoms with Crippen LogP contribution in [0.2, 0.25) is 0 Å². The van der Waals surface area contributed by atoms with Crippen LogP contribution in [-0.2, 0) is 14.6 Å². The lowest BCUT2D eigenvalue weighted by molar-refractivity contribution is 0.0503. The summed E-state index contributed by atoms with van der Waals surface area (Å²) in [5.41, 5.74) is 0.412. The van der Waals surface area contributed by atoms with Crippen LogP contribution in [0.15, 0.2) is 65.6 Å². The van der Waals surface area contributed by atoms with Crippen LogP contribution in [0.4, 0.5) is 0 Å². The predicted octanol–water partition coefficient (Wildman–Crippen LogP) is 3.10.